The fourth-order valence-electron chi connectivity index (χ4n) is 2.09. The van der Waals surface area contributed by atoms with Crippen molar-refractivity contribution in [1.82, 2.24) is 15.5 Å². The first-order valence-electron chi connectivity index (χ1n) is 6.07. The minimum absolute atomic E-state index is 0.210. The van der Waals surface area contributed by atoms with Gasteiger partial charge in [0.05, 0.1) is 6.54 Å². The van der Waals surface area contributed by atoms with Gasteiger partial charge in [0.2, 0.25) is 5.91 Å². The van der Waals surface area contributed by atoms with Crippen molar-refractivity contribution in [1.29, 1.82) is 0 Å². The predicted octanol–water partition coefficient (Wildman–Crippen LogP) is -0.0496. The summed E-state index contributed by atoms with van der Waals surface area (Å²) in [5.41, 5.74) is 0. The van der Waals surface area contributed by atoms with Crippen molar-refractivity contribution in [3.63, 3.8) is 0 Å². The summed E-state index contributed by atoms with van der Waals surface area (Å²) in [5.74, 6) is 0.210. The number of nitrogens with zero attached hydrogens (tertiary/aromatic N) is 1. The molecule has 0 radical (unpaired) electrons. The zero-order valence-corrected chi connectivity index (χ0v) is 9.30. The van der Waals surface area contributed by atoms with Crippen LogP contribution in [0.15, 0.2) is 0 Å². The summed E-state index contributed by atoms with van der Waals surface area (Å²) < 4.78 is 0. The van der Waals surface area contributed by atoms with Gasteiger partial charge in [-0.3, -0.25) is 9.69 Å². The summed E-state index contributed by atoms with van der Waals surface area (Å²) in [4.78, 5) is 13.9. The molecule has 0 unspecified atom stereocenters. The van der Waals surface area contributed by atoms with Gasteiger partial charge >= 0.3 is 0 Å². The number of hydrogen-bond acceptors (Lipinski definition) is 3. The lowest BCUT2D eigenvalue weighted by molar-refractivity contribution is -0.123. The molecule has 0 spiro atoms. The first-order valence-corrected chi connectivity index (χ1v) is 6.07. The van der Waals surface area contributed by atoms with Crippen molar-refractivity contribution in [2.24, 2.45) is 0 Å². The summed E-state index contributed by atoms with van der Waals surface area (Å²) >= 11 is 0. The molecule has 1 amide bonds. The summed E-state index contributed by atoms with van der Waals surface area (Å²) in [7, 11) is 0. The molecule has 1 saturated heterocycles. The molecule has 4 nitrogen and oxygen atoms in total. The lowest BCUT2D eigenvalue weighted by Gasteiger charge is -2.28. The molecule has 0 aromatic heterocycles. The Labute approximate surface area is 91.4 Å². The van der Waals surface area contributed by atoms with Crippen molar-refractivity contribution in [3.05, 3.63) is 0 Å². The third kappa shape index (κ3) is 3.47. The molecule has 2 aliphatic rings. The van der Waals surface area contributed by atoms with Gasteiger partial charge < -0.3 is 10.6 Å². The fourth-order valence-corrected chi connectivity index (χ4v) is 2.09. The van der Waals surface area contributed by atoms with Gasteiger partial charge in [-0.25, -0.2) is 0 Å². The first-order chi connectivity index (χ1) is 7.34. The van der Waals surface area contributed by atoms with Gasteiger partial charge in [-0.1, -0.05) is 0 Å². The van der Waals surface area contributed by atoms with E-state index in [1.807, 2.05) is 0 Å². The highest BCUT2D eigenvalue weighted by Crippen LogP contribution is 2.17. The average molecular weight is 211 g/mol. The molecule has 1 saturated carbocycles. The maximum absolute atomic E-state index is 11.7. The number of rotatable bonds is 3. The maximum Gasteiger partial charge on any atom is 0.234 e. The SMILES string of the molecule is O=C(CN1CCCNCC1)NC1CCC1. The maximum atomic E-state index is 11.7. The monoisotopic (exact) mass is 211 g/mol. The lowest BCUT2D eigenvalue weighted by Crippen LogP contribution is -2.45. The zero-order valence-electron chi connectivity index (χ0n) is 9.30. The van der Waals surface area contributed by atoms with E-state index >= 15 is 0 Å². The van der Waals surface area contributed by atoms with Gasteiger partial charge in [0.25, 0.3) is 0 Å². The molecule has 0 aromatic carbocycles. The van der Waals surface area contributed by atoms with E-state index in [4.69, 9.17) is 0 Å². The van der Waals surface area contributed by atoms with Crippen LogP contribution in [0.4, 0.5) is 0 Å². The second-order valence-corrected chi connectivity index (χ2v) is 4.58. The molecule has 2 rings (SSSR count). The van der Waals surface area contributed by atoms with E-state index in [0.29, 0.717) is 12.6 Å². The molecule has 4 heteroatoms. The number of carbonyl (C=O) groups is 1. The fraction of sp³-hybridized carbons (Fsp3) is 0.909. The minimum Gasteiger partial charge on any atom is -0.352 e. The van der Waals surface area contributed by atoms with Crippen LogP contribution in [-0.2, 0) is 4.79 Å². The Bertz CT molecular complexity index is 208. The molecule has 1 aliphatic carbocycles. The van der Waals surface area contributed by atoms with E-state index in [9.17, 15) is 4.79 Å². The smallest absolute Gasteiger partial charge is 0.234 e. The van der Waals surface area contributed by atoms with Gasteiger partial charge in [0.15, 0.2) is 0 Å². The van der Waals surface area contributed by atoms with Crippen LogP contribution in [0.1, 0.15) is 25.7 Å². The Morgan fingerprint density at radius 2 is 2.13 bits per heavy atom. The Morgan fingerprint density at radius 1 is 1.27 bits per heavy atom. The van der Waals surface area contributed by atoms with Gasteiger partial charge in [-0.2, -0.15) is 0 Å². The van der Waals surface area contributed by atoms with Gasteiger partial charge in [0.1, 0.15) is 0 Å². The van der Waals surface area contributed by atoms with E-state index < -0.39 is 0 Å². The zero-order chi connectivity index (χ0) is 10.5. The Kier molecular flexibility index (Phi) is 3.97. The molecule has 0 aromatic rings. The van der Waals surface area contributed by atoms with E-state index in [1.54, 1.807) is 0 Å². The summed E-state index contributed by atoms with van der Waals surface area (Å²) in [6.45, 7) is 4.72. The van der Waals surface area contributed by atoms with Crippen LogP contribution in [0.25, 0.3) is 0 Å². The molecule has 15 heavy (non-hydrogen) atoms. The van der Waals surface area contributed by atoms with Crippen LogP contribution < -0.4 is 10.6 Å². The number of carbonyl (C=O) groups excluding carboxylic acids is 1. The predicted molar refractivity (Wildman–Crippen MR) is 59.7 cm³/mol. The molecule has 0 atom stereocenters. The second-order valence-electron chi connectivity index (χ2n) is 4.58. The standard InChI is InChI=1S/C11H21N3O/c15-11(13-10-3-1-4-10)9-14-7-2-5-12-6-8-14/h10,12H,1-9H2,(H,13,15). The molecule has 1 aliphatic heterocycles. The summed E-state index contributed by atoms with van der Waals surface area (Å²) in [6, 6.07) is 0.475. The molecule has 86 valence electrons. The lowest BCUT2D eigenvalue weighted by atomic mass is 9.93. The first kappa shape index (κ1) is 10.9. The van der Waals surface area contributed by atoms with Crippen LogP contribution in [0.3, 0.4) is 0 Å². The van der Waals surface area contributed by atoms with Crippen LogP contribution in [0.2, 0.25) is 0 Å². The van der Waals surface area contributed by atoms with Crippen molar-refractivity contribution in [2.45, 2.75) is 31.7 Å². The Morgan fingerprint density at radius 3 is 2.87 bits per heavy atom. The molecular formula is C11H21N3O. The van der Waals surface area contributed by atoms with Crippen molar-refractivity contribution < 1.29 is 4.79 Å². The van der Waals surface area contributed by atoms with Gasteiger partial charge in [-0.15, -0.1) is 0 Å². The molecule has 2 N–H and O–H groups in total. The highest BCUT2D eigenvalue weighted by atomic mass is 16.2. The van der Waals surface area contributed by atoms with Gasteiger partial charge in [-0.05, 0) is 38.8 Å². The Hall–Kier alpha value is -0.610. The largest absolute Gasteiger partial charge is 0.352 e. The van der Waals surface area contributed by atoms with Crippen LogP contribution in [-0.4, -0.2) is 49.6 Å². The van der Waals surface area contributed by atoms with E-state index in [1.165, 1.54) is 19.3 Å². The summed E-state index contributed by atoms with van der Waals surface area (Å²) in [6.07, 6.45) is 4.77. The van der Waals surface area contributed by atoms with E-state index in [0.717, 1.165) is 32.6 Å². The van der Waals surface area contributed by atoms with E-state index in [2.05, 4.69) is 15.5 Å². The number of nitrogens with one attached hydrogen (secondary N) is 2. The van der Waals surface area contributed by atoms with Crippen molar-refractivity contribution in [2.75, 3.05) is 32.7 Å². The topological polar surface area (TPSA) is 44.4 Å². The third-order valence-corrected chi connectivity index (χ3v) is 3.27. The van der Waals surface area contributed by atoms with E-state index in [-0.39, 0.29) is 5.91 Å². The summed E-state index contributed by atoms with van der Waals surface area (Å²) in [5, 5.41) is 6.42. The van der Waals surface area contributed by atoms with Crippen molar-refractivity contribution >= 4 is 5.91 Å². The highest BCUT2D eigenvalue weighted by molar-refractivity contribution is 5.78. The normalized spacial score (nSPS) is 24.3. The molecule has 2 fully saturated rings. The molecule has 1 heterocycles. The average Bonchev–Trinajstić information content (AvgIpc) is 2.40. The minimum atomic E-state index is 0.210. The van der Waals surface area contributed by atoms with Crippen LogP contribution in [0.5, 0.6) is 0 Å². The van der Waals surface area contributed by atoms with Crippen LogP contribution >= 0.6 is 0 Å². The van der Waals surface area contributed by atoms with Crippen molar-refractivity contribution in [3.8, 4) is 0 Å². The Balaban J connectivity index is 1.67. The van der Waals surface area contributed by atoms with Gasteiger partial charge in [0, 0.05) is 19.1 Å². The second kappa shape index (κ2) is 5.47. The van der Waals surface area contributed by atoms with Crippen LogP contribution in [0, 0.1) is 0 Å². The number of hydrogen-bond donors (Lipinski definition) is 2. The third-order valence-electron chi connectivity index (χ3n) is 3.27. The number of amides is 1. The molecular weight excluding hydrogens is 190 g/mol. The molecule has 0 bridgehead atoms. The highest BCUT2D eigenvalue weighted by Gasteiger charge is 2.20. The quantitative estimate of drug-likeness (QED) is 0.688.